The van der Waals surface area contributed by atoms with Crippen LogP contribution in [0.4, 0.5) is 0 Å². The van der Waals surface area contributed by atoms with E-state index in [9.17, 15) is 4.79 Å². The summed E-state index contributed by atoms with van der Waals surface area (Å²) in [5.41, 5.74) is 0. The molecule has 1 aliphatic heterocycles. The third-order valence-corrected chi connectivity index (χ3v) is 3.98. The first-order valence-corrected chi connectivity index (χ1v) is 6.67. The minimum Gasteiger partial charge on any atom is -0.481 e. The number of aliphatic carboxylic acids is 1. The molecule has 0 amide bonds. The Labute approximate surface area is 102 Å². The molecule has 3 atom stereocenters. The summed E-state index contributed by atoms with van der Waals surface area (Å²) in [6, 6.07) is 0. The van der Waals surface area contributed by atoms with E-state index >= 15 is 0 Å². The zero-order chi connectivity index (χ0) is 11.8. The number of ether oxygens (including phenoxy) is 1. The van der Waals surface area contributed by atoms with Crippen LogP contribution in [0.3, 0.4) is 0 Å². The van der Waals surface area contributed by atoms with Gasteiger partial charge in [-0.25, -0.2) is 0 Å². The Hall–Kier alpha value is -1.08. The highest BCUT2D eigenvalue weighted by Crippen LogP contribution is 2.47. The van der Waals surface area contributed by atoms with Gasteiger partial charge in [-0.15, -0.1) is 0 Å². The maximum Gasteiger partial charge on any atom is 0.307 e. The van der Waals surface area contributed by atoms with E-state index in [0.29, 0.717) is 24.7 Å². The van der Waals surface area contributed by atoms with Gasteiger partial charge in [0, 0.05) is 11.5 Å². The third kappa shape index (κ3) is 2.16. The molecule has 0 spiro atoms. The first-order chi connectivity index (χ1) is 8.25. The van der Waals surface area contributed by atoms with E-state index in [4.69, 9.17) is 14.4 Å². The smallest absolute Gasteiger partial charge is 0.307 e. The third-order valence-electron chi connectivity index (χ3n) is 2.99. The van der Waals surface area contributed by atoms with E-state index in [-0.39, 0.29) is 17.9 Å². The molecule has 92 valence electrons. The topological polar surface area (TPSA) is 85.5 Å². The van der Waals surface area contributed by atoms with Crippen LogP contribution >= 0.6 is 11.8 Å². The van der Waals surface area contributed by atoms with Gasteiger partial charge in [0.2, 0.25) is 11.7 Å². The lowest BCUT2D eigenvalue weighted by molar-refractivity contribution is -0.138. The molecule has 2 heterocycles. The summed E-state index contributed by atoms with van der Waals surface area (Å²) in [4.78, 5) is 15.0. The van der Waals surface area contributed by atoms with Gasteiger partial charge in [-0.2, -0.15) is 16.7 Å². The van der Waals surface area contributed by atoms with Crippen LogP contribution in [-0.4, -0.2) is 39.3 Å². The molecule has 1 saturated carbocycles. The van der Waals surface area contributed by atoms with Gasteiger partial charge in [0.05, 0.1) is 18.4 Å². The highest BCUT2D eigenvalue weighted by molar-refractivity contribution is 7.99. The number of aromatic nitrogens is 2. The summed E-state index contributed by atoms with van der Waals surface area (Å²) in [7, 11) is 0. The Morgan fingerprint density at radius 1 is 1.53 bits per heavy atom. The van der Waals surface area contributed by atoms with E-state index in [0.717, 1.165) is 11.5 Å². The molecule has 17 heavy (non-hydrogen) atoms. The van der Waals surface area contributed by atoms with Crippen LogP contribution in [0.1, 0.15) is 30.2 Å². The normalized spacial score (nSPS) is 32.4. The van der Waals surface area contributed by atoms with Crippen LogP contribution in [0.15, 0.2) is 4.52 Å². The average Bonchev–Trinajstić information content (AvgIpc) is 3.01. The molecule has 3 rings (SSSR count). The minimum absolute atomic E-state index is 0.106. The second-order valence-corrected chi connectivity index (χ2v) is 5.36. The molecule has 1 N–H and O–H groups in total. The van der Waals surface area contributed by atoms with Crippen molar-refractivity contribution in [3.63, 3.8) is 0 Å². The highest BCUT2D eigenvalue weighted by Gasteiger charge is 2.48. The monoisotopic (exact) mass is 256 g/mol. The summed E-state index contributed by atoms with van der Waals surface area (Å²) in [6.45, 7) is 0.695. The molecule has 1 aliphatic carbocycles. The van der Waals surface area contributed by atoms with Gasteiger partial charge < -0.3 is 14.4 Å². The van der Waals surface area contributed by atoms with Gasteiger partial charge in [-0.1, -0.05) is 5.16 Å². The summed E-state index contributed by atoms with van der Waals surface area (Å²) >= 11 is 1.80. The summed E-state index contributed by atoms with van der Waals surface area (Å²) < 4.78 is 10.6. The fourth-order valence-corrected chi connectivity index (χ4v) is 2.75. The molecular weight excluding hydrogens is 244 g/mol. The van der Waals surface area contributed by atoms with Gasteiger partial charge in [-0.3, -0.25) is 4.79 Å². The predicted molar refractivity (Wildman–Crippen MR) is 58.8 cm³/mol. The Balaban J connectivity index is 1.68. The Morgan fingerprint density at radius 2 is 2.41 bits per heavy atom. The second-order valence-electron chi connectivity index (χ2n) is 4.21. The number of hydrogen-bond donors (Lipinski definition) is 1. The molecule has 0 aromatic carbocycles. The van der Waals surface area contributed by atoms with E-state index in [1.165, 1.54) is 0 Å². The standard InChI is InChI=1S/C10H12N2O4S/c13-10(14)6-3-5(6)9-11-8(12-16-9)7-4-17-2-1-15-7/h5-7H,1-4H2,(H,13,14). The lowest BCUT2D eigenvalue weighted by Gasteiger charge is -2.18. The Kier molecular flexibility index (Phi) is 2.79. The second kappa shape index (κ2) is 4.30. The number of hydrogen-bond acceptors (Lipinski definition) is 6. The van der Waals surface area contributed by atoms with E-state index in [1.54, 1.807) is 11.8 Å². The van der Waals surface area contributed by atoms with Crippen molar-refractivity contribution >= 4 is 17.7 Å². The Morgan fingerprint density at radius 3 is 3.06 bits per heavy atom. The van der Waals surface area contributed by atoms with Crippen LogP contribution in [0.2, 0.25) is 0 Å². The van der Waals surface area contributed by atoms with Crippen LogP contribution < -0.4 is 0 Å². The molecule has 3 unspecified atom stereocenters. The van der Waals surface area contributed by atoms with Crippen LogP contribution in [0.5, 0.6) is 0 Å². The van der Waals surface area contributed by atoms with Crippen molar-refractivity contribution < 1.29 is 19.2 Å². The molecule has 0 bridgehead atoms. The van der Waals surface area contributed by atoms with Crippen molar-refractivity contribution in [1.29, 1.82) is 0 Å². The molecule has 0 radical (unpaired) electrons. The van der Waals surface area contributed by atoms with Crippen LogP contribution in [0, 0.1) is 5.92 Å². The molecule has 1 saturated heterocycles. The fraction of sp³-hybridized carbons (Fsp3) is 0.700. The Bertz CT molecular complexity index is 430. The van der Waals surface area contributed by atoms with Gasteiger partial charge in [-0.05, 0) is 6.42 Å². The fourth-order valence-electron chi connectivity index (χ4n) is 1.91. The van der Waals surface area contributed by atoms with E-state index in [1.807, 2.05) is 0 Å². The van der Waals surface area contributed by atoms with Crippen LogP contribution in [0.25, 0.3) is 0 Å². The number of carboxylic acids is 1. The highest BCUT2D eigenvalue weighted by atomic mass is 32.2. The van der Waals surface area contributed by atoms with E-state index < -0.39 is 5.97 Å². The number of carbonyl (C=O) groups is 1. The zero-order valence-electron chi connectivity index (χ0n) is 9.04. The number of carboxylic acid groups (broad SMARTS) is 1. The minimum atomic E-state index is -0.792. The summed E-state index contributed by atoms with van der Waals surface area (Å²) in [5, 5.41) is 12.7. The molecule has 2 aliphatic rings. The van der Waals surface area contributed by atoms with Gasteiger partial charge in [0.15, 0.2) is 0 Å². The van der Waals surface area contributed by atoms with Crippen molar-refractivity contribution in [3.8, 4) is 0 Å². The van der Waals surface area contributed by atoms with Gasteiger partial charge in [0.25, 0.3) is 0 Å². The molecular formula is C10H12N2O4S. The predicted octanol–water partition coefficient (Wildman–Crippen LogP) is 1.06. The molecule has 1 aromatic rings. The average molecular weight is 256 g/mol. The lowest BCUT2D eigenvalue weighted by atomic mass is 10.3. The summed E-state index contributed by atoms with van der Waals surface area (Å²) in [6.07, 6.45) is 0.477. The first kappa shape index (κ1) is 11.0. The lowest BCUT2D eigenvalue weighted by Crippen LogP contribution is -2.16. The number of nitrogens with zero attached hydrogens (tertiary/aromatic N) is 2. The number of rotatable bonds is 3. The van der Waals surface area contributed by atoms with Gasteiger partial charge >= 0.3 is 5.97 Å². The maximum absolute atomic E-state index is 10.7. The van der Waals surface area contributed by atoms with Crippen LogP contribution in [-0.2, 0) is 9.53 Å². The first-order valence-electron chi connectivity index (χ1n) is 5.51. The van der Waals surface area contributed by atoms with Crippen molar-refractivity contribution in [3.05, 3.63) is 11.7 Å². The summed E-state index contributed by atoms with van der Waals surface area (Å²) in [5.74, 6) is 1.54. The maximum atomic E-state index is 10.7. The molecule has 2 fully saturated rings. The molecule has 7 heteroatoms. The molecule has 6 nitrogen and oxygen atoms in total. The largest absolute Gasteiger partial charge is 0.481 e. The van der Waals surface area contributed by atoms with Crippen molar-refractivity contribution in [2.24, 2.45) is 5.92 Å². The molecule has 1 aromatic heterocycles. The van der Waals surface area contributed by atoms with Gasteiger partial charge in [0.1, 0.15) is 6.10 Å². The van der Waals surface area contributed by atoms with Crippen molar-refractivity contribution in [1.82, 2.24) is 10.1 Å². The van der Waals surface area contributed by atoms with E-state index in [2.05, 4.69) is 10.1 Å². The van der Waals surface area contributed by atoms with Crippen molar-refractivity contribution in [2.45, 2.75) is 18.4 Å². The zero-order valence-corrected chi connectivity index (χ0v) is 9.85. The quantitative estimate of drug-likeness (QED) is 0.865. The van der Waals surface area contributed by atoms with Crippen molar-refractivity contribution in [2.75, 3.05) is 18.1 Å². The SMILES string of the molecule is O=C(O)C1CC1c1nc(C2CSCCO2)no1. The number of thioether (sulfide) groups is 1.